The number of carbonyl (C=O) groups excluding carboxylic acids is 1. The zero-order valence-corrected chi connectivity index (χ0v) is 17.2. The molecule has 0 aromatic heterocycles. The smallest absolute Gasteiger partial charge is 0.260 e. The minimum Gasteiger partial charge on any atom is -0.484 e. The second kappa shape index (κ2) is 7.37. The summed E-state index contributed by atoms with van der Waals surface area (Å²) >= 11 is 0. The molecule has 0 N–H and O–H groups in total. The van der Waals surface area contributed by atoms with Crippen molar-refractivity contribution < 1.29 is 9.53 Å². The van der Waals surface area contributed by atoms with Gasteiger partial charge in [0.2, 0.25) is 0 Å². The molecule has 4 nitrogen and oxygen atoms in total. The van der Waals surface area contributed by atoms with E-state index >= 15 is 0 Å². The Balaban J connectivity index is 1.18. The molecule has 5 aliphatic rings. The molecule has 4 saturated carbocycles. The highest BCUT2D eigenvalue weighted by Crippen LogP contribution is 2.60. The molecule has 1 aromatic rings. The van der Waals surface area contributed by atoms with Crippen LogP contribution in [0, 0.1) is 17.8 Å². The van der Waals surface area contributed by atoms with Gasteiger partial charge in [0.15, 0.2) is 6.61 Å². The van der Waals surface area contributed by atoms with E-state index in [9.17, 15) is 4.79 Å². The molecular formula is C24H34N2O2. The van der Waals surface area contributed by atoms with Gasteiger partial charge in [0.25, 0.3) is 5.91 Å². The van der Waals surface area contributed by atoms with Crippen LogP contribution in [0.1, 0.15) is 51.0 Å². The van der Waals surface area contributed by atoms with Crippen molar-refractivity contribution in [1.82, 2.24) is 9.80 Å². The number of hydrogen-bond acceptors (Lipinski definition) is 3. The van der Waals surface area contributed by atoms with Gasteiger partial charge in [-0.3, -0.25) is 4.79 Å². The van der Waals surface area contributed by atoms with Gasteiger partial charge < -0.3 is 14.5 Å². The van der Waals surface area contributed by atoms with Crippen LogP contribution in [-0.4, -0.2) is 55.0 Å². The van der Waals surface area contributed by atoms with E-state index in [0.29, 0.717) is 5.41 Å². The van der Waals surface area contributed by atoms with Crippen molar-refractivity contribution in [3.63, 3.8) is 0 Å². The molecule has 1 saturated heterocycles. The molecule has 1 amide bonds. The first-order chi connectivity index (χ1) is 13.6. The lowest BCUT2D eigenvalue weighted by molar-refractivity contribution is -0.135. The molecule has 4 bridgehead atoms. The third kappa shape index (κ3) is 3.45. The highest BCUT2D eigenvalue weighted by atomic mass is 16.5. The maximum absolute atomic E-state index is 12.4. The Hall–Kier alpha value is -1.55. The van der Waals surface area contributed by atoms with Gasteiger partial charge in [-0.2, -0.15) is 0 Å². The van der Waals surface area contributed by atoms with Gasteiger partial charge in [0.05, 0.1) is 0 Å². The Kier molecular flexibility index (Phi) is 4.86. The number of piperazine rings is 1. The summed E-state index contributed by atoms with van der Waals surface area (Å²) in [6.07, 6.45) is 8.61. The molecular weight excluding hydrogens is 348 g/mol. The topological polar surface area (TPSA) is 32.8 Å². The van der Waals surface area contributed by atoms with Crippen molar-refractivity contribution in [2.24, 2.45) is 17.8 Å². The Labute approximate surface area is 169 Å². The molecule has 0 radical (unpaired) electrons. The molecule has 28 heavy (non-hydrogen) atoms. The Morgan fingerprint density at radius 3 is 2.07 bits per heavy atom. The molecule has 152 valence electrons. The van der Waals surface area contributed by atoms with Gasteiger partial charge in [-0.15, -0.1) is 0 Å². The van der Waals surface area contributed by atoms with Crippen molar-refractivity contribution in [3.05, 3.63) is 29.8 Å². The average Bonchev–Trinajstić information content (AvgIpc) is 2.71. The van der Waals surface area contributed by atoms with E-state index in [1.165, 1.54) is 44.1 Å². The first-order valence-corrected chi connectivity index (χ1v) is 11.4. The van der Waals surface area contributed by atoms with Gasteiger partial charge in [-0.25, -0.2) is 0 Å². The number of nitrogens with zero attached hydrogens (tertiary/aromatic N) is 2. The van der Waals surface area contributed by atoms with Crippen LogP contribution in [-0.2, 0) is 10.2 Å². The number of amides is 1. The number of hydrogen-bond donors (Lipinski definition) is 0. The maximum atomic E-state index is 12.4. The van der Waals surface area contributed by atoms with Crippen LogP contribution in [0.5, 0.6) is 5.75 Å². The monoisotopic (exact) mass is 382 g/mol. The Morgan fingerprint density at radius 2 is 1.54 bits per heavy atom. The lowest BCUT2D eigenvalue weighted by Gasteiger charge is -2.57. The van der Waals surface area contributed by atoms with Crippen LogP contribution in [0.25, 0.3) is 0 Å². The minimum atomic E-state index is 0.112. The van der Waals surface area contributed by atoms with Gasteiger partial charge in [0, 0.05) is 26.2 Å². The summed E-state index contributed by atoms with van der Waals surface area (Å²) in [7, 11) is 0. The SMILES string of the molecule is CCN1CCN(C(=O)COc2ccc(C34CC5CC(CC(C5)C3)C4)cc2)CC1. The molecule has 1 aliphatic heterocycles. The van der Waals surface area contributed by atoms with Crippen molar-refractivity contribution in [2.45, 2.75) is 50.9 Å². The average molecular weight is 383 g/mol. The Morgan fingerprint density at radius 1 is 0.964 bits per heavy atom. The fraction of sp³-hybridized carbons (Fsp3) is 0.708. The summed E-state index contributed by atoms with van der Waals surface area (Å²) < 4.78 is 5.84. The summed E-state index contributed by atoms with van der Waals surface area (Å²) in [6.45, 7) is 6.98. The minimum absolute atomic E-state index is 0.112. The van der Waals surface area contributed by atoms with Crippen LogP contribution in [0.4, 0.5) is 0 Å². The summed E-state index contributed by atoms with van der Waals surface area (Å²) in [6, 6.07) is 8.76. The molecule has 5 fully saturated rings. The fourth-order valence-electron chi connectivity index (χ4n) is 6.92. The van der Waals surface area contributed by atoms with Gasteiger partial charge in [-0.05, 0) is 85.9 Å². The molecule has 0 spiro atoms. The number of likely N-dealkylation sites (N-methyl/N-ethyl adjacent to an activating group) is 1. The number of benzene rings is 1. The standard InChI is InChI=1S/C24H34N2O2/c1-2-25-7-9-26(10-8-25)23(27)17-28-22-5-3-21(4-6-22)24-14-18-11-19(15-24)13-20(12-18)16-24/h3-6,18-20H,2,7-17H2,1H3. The van der Waals surface area contributed by atoms with Gasteiger partial charge in [-0.1, -0.05) is 19.1 Å². The lowest BCUT2D eigenvalue weighted by atomic mass is 9.48. The highest BCUT2D eigenvalue weighted by Gasteiger charge is 2.51. The second-order valence-corrected chi connectivity index (χ2v) is 9.83. The summed E-state index contributed by atoms with van der Waals surface area (Å²) in [5.74, 6) is 3.84. The molecule has 6 rings (SSSR count). The number of rotatable bonds is 5. The van der Waals surface area contributed by atoms with Crippen LogP contribution >= 0.6 is 0 Å². The third-order valence-electron chi connectivity index (χ3n) is 8.04. The molecule has 0 unspecified atom stereocenters. The van der Waals surface area contributed by atoms with Crippen LogP contribution in [0.3, 0.4) is 0 Å². The van der Waals surface area contributed by atoms with E-state index in [1.807, 2.05) is 4.90 Å². The van der Waals surface area contributed by atoms with Crippen molar-refractivity contribution in [2.75, 3.05) is 39.3 Å². The van der Waals surface area contributed by atoms with E-state index in [-0.39, 0.29) is 12.5 Å². The highest BCUT2D eigenvalue weighted by molar-refractivity contribution is 5.77. The zero-order chi connectivity index (χ0) is 19.1. The molecule has 4 heteroatoms. The van der Waals surface area contributed by atoms with Crippen LogP contribution < -0.4 is 4.74 Å². The fourth-order valence-corrected chi connectivity index (χ4v) is 6.92. The molecule has 1 aromatic carbocycles. The third-order valence-corrected chi connectivity index (χ3v) is 8.04. The number of ether oxygens (including phenoxy) is 1. The largest absolute Gasteiger partial charge is 0.484 e. The van der Waals surface area contributed by atoms with E-state index in [4.69, 9.17) is 4.74 Å². The van der Waals surface area contributed by atoms with Gasteiger partial charge >= 0.3 is 0 Å². The summed E-state index contributed by atoms with van der Waals surface area (Å²) in [4.78, 5) is 16.8. The second-order valence-electron chi connectivity index (χ2n) is 9.83. The van der Waals surface area contributed by atoms with E-state index < -0.39 is 0 Å². The first kappa shape index (κ1) is 18.5. The molecule has 0 atom stereocenters. The van der Waals surface area contributed by atoms with Crippen LogP contribution in [0.15, 0.2) is 24.3 Å². The van der Waals surface area contributed by atoms with E-state index in [2.05, 4.69) is 36.1 Å². The van der Waals surface area contributed by atoms with Crippen LogP contribution in [0.2, 0.25) is 0 Å². The van der Waals surface area contributed by atoms with E-state index in [0.717, 1.165) is 56.2 Å². The zero-order valence-electron chi connectivity index (χ0n) is 17.2. The van der Waals surface area contributed by atoms with Gasteiger partial charge in [0.1, 0.15) is 5.75 Å². The molecule has 4 aliphatic carbocycles. The van der Waals surface area contributed by atoms with E-state index in [1.54, 1.807) is 0 Å². The quantitative estimate of drug-likeness (QED) is 0.778. The summed E-state index contributed by atoms with van der Waals surface area (Å²) in [5.41, 5.74) is 1.95. The van der Waals surface area contributed by atoms with Crippen molar-refractivity contribution in [1.29, 1.82) is 0 Å². The predicted octanol–water partition coefficient (Wildman–Crippen LogP) is 3.70. The van der Waals surface area contributed by atoms with Crippen molar-refractivity contribution >= 4 is 5.91 Å². The lowest BCUT2D eigenvalue weighted by Crippen LogP contribution is -2.49. The normalized spacial score (nSPS) is 34.6. The maximum Gasteiger partial charge on any atom is 0.260 e. The Bertz CT molecular complexity index is 671. The summed E-state index contributed by atoms with van der Waals surface area (Å²) in [5, 5.41) is 0. The first-order valence-electron chi connectivity index (χ1n) is 11.4. The van der Waals surface area contributed by atoms with Crippen molar-refractivity contribution in [3.8, 4) is 5.75 Å². The molecule has 1 heterocycles. The number of carbonyl (C=O) groups is 1. The predicted molar refractivity (Wildman–Crippen MR) is 110 cm³/mol.